The van der Waals surface area contributed by atoms with E-state index in [1.54, 1.807) is 0 Å². The number of aryl methyl sites for hydroxylation is 12. The molecule has 19 nitrogen and oxygen atoms in total. The summed E-state index contributed by atoms with van der Waals surface area (Å²) in [5, 5.41) is 23.9. The SMILES string of the molecule is CCCc1ccc(C(F)(F)F)cc1C(=O)NCC(=O)N[C@@H](CCCc1ccc(C)cc1C)C(=O)NC(C)(C)C.Cc1ccc(CCC[C@H](NC(=O)CNC(=O)c2cc(C(F)(F)F)ccc2CC(=O)CC(C)C)C(=O)NC(C)(C)C)c(C)c1.Cc1ccc(CCC[C@H](NC(=O)CNC(=O)c2cc(C(F)(F)F)ccc2CCc2ccccc2)C(=O)NC(C)(C)C)c(C)c1.[HH].[HH].[HH].[HH].[HH].[HH].[HH].[HH].[HH]. The Labute approximate surface area is 749 Å². The summed E-state index contributed by atoms with van der Waals surface area (Å²) in [6, 6.07) is 34.2. The molecule has 7 aromatic rings. The number of carbonyl (C=O) groups excluding carboxylic acids is 10. The molecule has 9 N–H and O–H groups in total. The molecule has 0 aliphatic rings. The minimum atomic E-state index is -4.70. The van der Waals surface area contributed by atoms with Gasteiger partial charge in [-0.2, -0.15) is 39.5 Å². The number of Topliss-reactive ketones (excluding diaryl/α,β-unsaturated/α-hetero) is 1. The molecule has 0 aliphatic carbocycles. The van der Waals surface area contributed by atoms with Crippen LogP contribution in [0.3, 0.4) is 0 Å². The van der Waals surface area contributed by atoms with Crippen molar-refractivity contribution < 1.29 is 100 Å². The van der Waals surface area contributed by atoms with Crippen LogP contribution in [0, 0.1) is 47.5 Å². The average molecular weight is 1780 g/mol. The molecule has 126 heavy (non-hydrogen) atoms. The van der Waals surface area contributed by atoms with Gasteiger partial charge in [-0.25, -0.2) is 0 Å². The molecule has 9 amide bonds. The van der Waals surface area contributed by atoms with E-state index in [1.807, 2.05) is 179 Å². The summed E-state index contributed by atoms with van der Waals surface area (Å²) in [4.78, 5) is 129. The fourth-order valence-corrected chi connectivity index (χ4v) is 14.0. The third kappa shape index (κ3) is 37.9. The summed E-state index contributed by atoms with van der Waals surface area (Å²) in [5.74, 6) is -5.60. The van der Waals surface area contributed by atoms with Gasteiger partial charge >= 0.3 is 18.5 Å². The maximum atomic E-state index is 13.5. The highest BCUT2D eigenvalue weighted by atomic mass is 19.4. The largest absolute Gasteiger partial charge is 0.416 e. The van der Waals surface area contributed by atoms with Crippen molar-refractivity contribution in [3.8, 4) is 0 Å². The molecule has 3 atom stereocenters. The molecule has 7 rings (SSSR count). The fraction of sp³-hybridized carbons (Fsp3) is 0.469. The van der Waals surface area contributed by atoms with Crippen molar-refractivity contribution in [2.75, 3.05) is 19.6 Å². The Balaban J connectivity index is -0.000000607. The predicted octanol–water partition coefficient (Wildman–Crippen LogP) is 19.5. The number of carbonyl (C=O) groups is 10. The van der Waals surface area contributed by atoms with Gasteiger partial charge in [-0.15, -0.1) is 0 Å². The zero-order valence-corrected chi connectivity index (χ0v) is 75.8. The van der Waals surface area contributed by atoms with Crippen LogP contribution in [0.1, 0.15) is 267 Å². The van der Waals surface area contributed by atoms with Gasteiger partial charge in [-0.3, -0.25) is 47.9 Å². The van der Waals surface area contributed by atoms with Gasteiger partial charge in [-0.1, -0.05) is 147 Å². The number of ketones is 1. The van der Waals surface area contributed by atoms with Crippen LogP contribution in [0.25, 0.3) is 0 Å². The van der Waals surface area contributed by atoms with Crippen LogP contribution in [0.5, 0.6) is 0 Å². The Morgan fingerprint density at radius 2 is 0.643 bits per heavy atom. The van der Waals surface area contributed by atoms with Crippen molar-refractivity contribution in [3.63, 3.8) is 0 Å². The van der Waals surface area contributed by atoms with Crippen LogP contribution in [-0.4, -0.2) is 113 Å². The second kappa shape index (κ2) is 47.9. The molecule has 0 radical (unpaired) electrons. The molecule has 0 aromatic heterocycles. The van der Waals surface area contributed by atoms with Crippen LogP contribution in [0.15, 0.2) is 140 Å². The minimum Gasteiger partial charge on any atom is -0.350 e. The van der Waals surface area contributed by atoms with Gasteiger partial charge in [-0.05, 0) is 279 Å². The summed E-state index contributed by atoms with van der Waals surface area (Å²) in [7, 11) is 0. The van der Waals surface area contributed by atoms with Gasteiger partial charge in [0, 0.05) is 59.0 Å². The van der Waals surface area contributed by atoms with Gasteiger partial charge < -0.3 is 47.9 Å². The van der Waals surface area contributed by atoms with E-state index in [1.165, 1.54) is 17.7 Å². The Kier molecular flexibility index (Phi) is 40.1. The monoisotopic (exact) mass is 1780 g/mol. The van der Waals surface area contributed by atoms with E-state index in [4.69, 9.17) is 0 Å². The molecule has 0 aliphatic heterocycles. The van der Waals surface area contributed by atoms with Crippen molar-refractivity contribution in [2.24, 2.45) is 5.92 Å². The third-order valence-electron chi connectivity index (χ3n) is 20.1. The number of hydrogen-bond donors (Lipinski definition) is 9. The Morgan fingerprint density at radius 1 is 0.349 bits per heavy atom. The number of nitrogens with one attached hydrogen (secondary N) is 9. The lowest BCUT2D eigenvalue weighted by Gasteiger charge is -2.26. The van der Waals surface area contributed by atoms with E-state index in [-0.39, 0.29) is 77.4 Å². The Bertz CT molecular complexity index is 4930. The number of benzene rings is 7. The summed E-state index contributed by atoms with van der Waals surface area (Å²) in [6.07, 6.45) is -6.87. The first kappa shape index (κ1) is 105. The first-order valence-corrected chi connectivity index (χ1v) is 42.6. The molecule has 0 bridgehead atoms. The molecular weight excluding hydrogens is 1630 g/mol. The van der Waals surface area contributed by atoms with Gasteiger partial charge in [0.1, 0.15) is 23.9 Å². The van der Waals surface area contributed by atoms with E-state index in [0.29, 0.717) is 87.8 Å². The van der Waals surface area contributed by atoms with Crippen LogP contribution < -0.4 is 47.9 Å². The number of amides is 9. The van der Waals surface area contributed by atoms with Crippen LogP contribution in [0.4, 0.5) is 39.5 Å². The lowest BCUT2D eigenvalue weighted by atomic mass is 9.95. The maximum absolute atomic E-state index is 13.5. The summed E-state index contributed by atoms with van der Waals surface area (Å²) >= 11 is 0. The van der Waals surface area contributed by atoms with E-state index in [9.17, 15) is 87.5 Å². The molecule has 28 heteroatoms. The first-order valence-electron chi connectivity index (χ1n) is 42.6. The predicted molar refractivity (Wildman–Crippen MR) is 492 cm³/mol. The number of alkyl halides is 9. The van der Waals surface area contributed by atoms with Crippen LogP contribution in [0.2, 0.25) is 0 Å². The maximum Gasteiger partial charge on any atom is 0.416 e. The van der Waals surface area contributed by atoms with E-state index in [0.717, 1.165) is 99.3 Å². The van der Waals surface area contributed by atoms with Crippen molar-refractivity contribution in [1.29, 1.82) is 0 Å². The topological polar surface area (TPSA) is 279 Å². The van der Waals surface area contributed by atoms with E-state index >= 15 is 0 Å². The molecule has 704 valence electrons. The number of halogens is 9. The highest BCUT2D eigenvalue weighted by molar-refractivity contribution is 6.01. The standard InChI is InChI=1S/C35H42F3N3O3.C33H44F3N3O4.C30H40F3N3O3.9H2/c1-23-14-16-26(24(2)20-23)12-9-13-30(33(44)41-34(3,4)5)40-31(42)22-39-32(43)29-21-28(35(36,37)38)19-18-27(29)17-15-25-10-7-6-8-11-25;1-20(2)15-26(40)17-24-13-14-25(33(34,35)36)18-27(24)30(42)37-19-29(41)38-28(31(43)39-32(5,6)7)10-8-9-23-12-11-21(3)16-22(23)4;1-7-9-22-14-15-23(30(31,32)33)17-24(22)27(38)34-18-26(37)35-25(28(39)36-29(4,5)6)11-8-10-21-13-12-19(2)16-20(21)3;;;;;;;;;/h6-8,10-11,14,16,18-21,30H,9,12-13,15,17,22H2,1-5H3,(H,39,43)(H,40,42)(H,41,44);11-14,16,18,20,28H,8-10,15,17,19H2,1-7H3,(H,37,42)(H,38,41)(H,39,43);12-17,25H,7-11,18H2,1-6H3,(H,34,38)(H,35,37)(H,36,39);9*1H/t30-;28-;25-;;;;;;;;;/m000........./s1. The second-order valence-electron chi connectivity index (χ2n) is 35.8. The highest BCUT2D eigenvalue weighted by Crippen LogP contribution is 2.34. The number of hydrogen-bond acceptors (Lipinski definition) is 10. The molecule has 0 unspecified atom stereocenters. The van der Waals surface area contributed by atoms with E-state index < -0.39 is 125 Å². The zero-order valence-electron chi connectivity index (χ0n) is 75.8. The molecule has 0 saturated carbocycles. The second-order valence-corrected chi connectivity index (χ2v) is 35.8. The Morgan fingerprint density at radius 3 is 0.929 bits per heavy atom. The van der Waals surface area contributed by atoms with Crippen molar-refractivity contribution in [3.05, 3.63) is 245 Å². The molecule has 7 aromatic carbocycles. The fourth-order valence-electron chi connectivity index (χ4n) is 14.0. The molecule has 0 spiro atoms. The molecule has 0 saturated heterocycles. The minimum absolute atomic E-state index is 0. The summed E-state index contributed by atoms with van der Waals surface area (Å²) in [6.45, 7) is 32.6. The molecular formula is C98H144F9N9O10. The normalized spacial score (nSPS) is 12.5. The van der Waals surface area contributed by atoms with Crippen molar-refractivity contribution >= 4 is 58.9 Å². The van der Waals surface area contributed by atoms with Crippen molar-refractivity contribution in [2.45, 2.75) is 274 Å². The average Bonchev–Trinajstić information content (AvgIpc) is 0.819. The van der Waals surface area contributed by atoms with Gasteiger partial charge in [0.25, 0.3) is 17.7 Å². The van der Waals surface area contributed by atoms with Crippen LogP contribution in [-0.2, 0) is 97.0 Å². The third-order valence-corrected chi connectivity index (χ3v) is 20.1. The lowest BCUT2D eigenvalue weighted by molar-refractivity contribution is -0.138. The highest BCUT2D eigenvalue weighted by Gasteiger charge is 2.36. The lowest BCUT2D eigenvalue weighted by Crippen LogP contribution is -2.53. The smallest absolute Gasteiger partial charge is 0.350 e. The van der Waals surface area contributed by atoms with Gasteiger partial charge in [0.05, 0.1) is 36.3 Å². The van der Waals surface area contributed by atoms with Crippen molar-refractivity contribution in [1.82, 2.24) is 47.9 Å². The zero-order chi connectivity index (χ0) is 94.4. The first-order chi connectivity index (χ1) is 58.6. The quantitative estimate of drug-likeness (QED) is 0.0167. The van der Waals surface area contributed by atoms with Gasteiger partial charge in [0.15, 0.2) is 0 Å². The van der Waals surface area contributed by atoms with Crippen LogP contribution >= 0.6 is 0 Å². The van der Waals surface area contributed by atoms with E-state index in [2.05, 4.69) is 78.2 Å². The summed E-state index contributed by atoms with van der Waals surface area (Å²) < 4.78 is 120. The summed E-state index contributed by atoms with van der Waals surface area (Å²) in [5.41, 5.74) is 7.36. The Hall–Kier alpha value is -11.2. The molecule has 0 fully saturated rings. The number of rotatable bonds is 36. The van der Waals surface area contributed by atoms with Gasteiger partial charge in [0.2, 0.25) is 35.4 Å². The molecule has 0 heterocycles.